The molecule has 1 aliphatic heterocycles. The van der Waals surface area contributed by atoms with Crippen LogP contribution in [-0.2, 0) is 13.9 Å². The average Bonchev–Trinajstić information content (AvgIpc) is 2.27. The number of aliphatic hydroxyl groups is 1. The Morgan fingerprint density at radius 1 is 1.37 bits per heavy atom. The zero-order valence-electron chi connectivity index (χ0n) is 13.0. The predicted octanol–water partition coefficient (Wildman–Crippen LogP) is 2.69. The fraction of sp³-hybridized carbons (Fsp3) is 0.857. The third-order valence-electron chi connectivity index (χ3n) is 3.89. The highest BCUT2D eigenvalue weighted by Gasteiger charge is 2.42. The van der Waals surface area contributed by atoms with E-state index in [1.165, 1.54) is 0 Å². The first-order valence-corrected chi connectivity index (χ1v) is 9.80. The van der Waals surface area contributed by atoms with Crippen LogP contribution in [0.5, 0.6) is 0 Å². The number of aliphatic hydroxyl groups excluding tert-OH is 1. The van der Waals surface area contributed by atoms with Crippen molar-refractivity contribution in [2.24, 2.45) is 0 Å². The normalized spacial score (nSPS) is 29.9. The van der Waals surface area contributed by atoms with Gasteiger partial charge in [0.2, 0.25) is 0 Å². The molecule has 1 rings (SSSR count). The van der Waals surface area contributed by atoms with Crippen LogP contribution in [0.25, 0.3) is 0 Å². The molecule has 19 heavy (non-hydrogen) atoms. The Morgan fingerprint density at radius 3 is 2.53 bits per heavy atom. The van der Waals surface area contributed by atoms with Crippen molar-refractivity contribution in [2.75, 3.05) is 13.2 Å². The second-order valence-electron chi connectivity index (χ2n) is 6.53. The molecule has 0 aromatic rings. The molecule has 0 radical (unpaired) electrons. The molecule has 112 valence electrons. The van der Waals surface area contributed by atoms with Gasteiger partial charge in [0.1, 0.15) is 6.10 Å². The lowest BCUT2D eigenvalue weighted by atomic mass is 10.2. The minimum absolute atomic E-state index is 0.0158. The van der Waals surface area contributed by atoms with Crippen LogP contribution in [0.4, 0.5) is 0 Å². The smallest absolute Gasteiger partial charge is 0.192 e. The Labute approximate surface area is 117 Å². The summed E-state index contributed by atoms with van der Waals surface area (Å²) in [6.07, 6.45) is 3.10. The van der Waals surface area contributed by atoms with Crippen LogP contribution in [0.1, 0.15) is 27.7 Å². The van der Waals surface area contributed by atoms with Gasteiger partial charge in [0.15, 0.2) is 14.6 Å². The minimum atomic E-state index is -1.85. The molecule has 0 amide bonds. The predicted molar refractivity (Wildman–Crippen MR) is 78.6 cm³/mol. The van der Waals surface area contributed by atoms with E-state index < -0.39 is 8.32 Å². The fourth-order valence-corrected chi connectivity index (χ4v) is 3.01. The van der Waals surface area contributed by atoms with E-state index in [-0.39, 0.29) is 30.1 Å². The van der Waals surface area contributed by atoms with E-state index in [2.05, 4.69) is 33.9 Å². The van der Waals surface area contributed by atoms with Gasteiger partial charge in [-0.15, -0.1) is 0 Å². The van der Waals surface area contributed by atoms with Crippen LogP contribution in [0.3, 0.4) is 0 Å². The molecule has 4 nitrogen and oxygen atoms in total. The molecule has 0 aromatic heterocycles. The van der Waals surface area contributed by atoms with Crippen LogP contribution >= 0.6 is 0 Å². The quantitative estimate of drug-likeness (QED) is 0.638. The molecule has 1 fully saturated rings. The first-order valence-electron chi connectivity index (χ1n) is 6.90. The summed E-state index contributed by atoms with van der Waals surface area (Å²) in [6, 6.07) is 0. The van der Waals surface area contributed by atoms with Crippen molar-refractivity contribution in [3.63, 3.8) is 0 Å². The highest BCUT2D eigenvalue weighted by molar-refractivity contribution is 6.74. The van der Waals surface area contributed by atoms with Gasteiger partial charge >= 0.3 is 0 Å². The molecule has 1 saturated heterocycles. The number of hydrogen-bond acceptors (Lipinski definition) is 4. The maximum Gasteiger partial charge on any atom is 0.192 e. The summed E-state index contributed by atoms with van der Waals surface area (Å²) in [5.41, 5.74) is 0. The van der Waals surface area contributed by atoms with E-state index in [0.29, 0.717) is 6.61 Å². The van der Waals surface area contributed by atoms with E-state index in [1.54, 1.807) is 6.08 Å². The Hall–Kier alpha value is -0.203. The van der Waals surface area contributed by atoms with E-state index >= 15 is 0 Å². The van der Waals surface area contributed by atoms with Crippen molar-refractivity contribution in [1.29, 1.82) is 0 Å². The van der Waals surface area contributed by atoms with Gasteiger partial charge in [0.25, 0.3) is 0 Å². The van der Waals surface area contributed by atoms with Gasteiger partial charge < -0.3 is 19.0 Å². The minimum Gasteiger partial charge on any atom is -0.409 e. The Morgan fingerprint density at radius 2 is 2.00 bits per heavy atom. The lowest BCUT2D eigenvalue weighted by Crippen LogP contribution is -2.52. The fourth-order valence-electron chi connectivity index (χ4n) is 1.69. The zero-order chi connectivity index (χ0) is 14.7. The summed E-state index contributed by atoms with van der Waals surface area (Å²) in [5.74, 6) is 0. The third kappa shape index (κ3) is 4.68. The van der Waals surface area contributed by atoms with Crippen molar-refractivity contribution in [3.05, 3.63) is 12.2 Å². The highest BCUT2D eigenvalue weighted by atomic mass is 28.4. The lowest BCUT2D eigenvalue weighted by Gasteiger charge is -2.43. The molecule has 0 aliphatic carbocycles. The third-order valence-corrected chi connectivity index (χ3v) is 8.40. The van der Waals surface area contributed by atoms with Crippen molar-refractivity contribution in [3.8, 4) is 0 Å². The van der Waals surface area contributed by atoms with Gasteiger partial charge in [-0.25, -0.2) is 0 Å². The van der Waals surface area contributed by atoms with E-state index in [9.17, 15) is 0 Å². The monoisotopic (exact) mass is 288 g/mol. The SMILES string of the molecule is C[C@@H]1OC[C@@H](O[Si](C)(C)C(C)(C)C)[C@H](/C=C/CO)O1. The van der Waals surface area contributed by atoms with Crippen LogP contribution < -0.4 is 0 Å². The summed E-state index contributed by atoms with van der Waals surface area (Å²) in [5, 5.41) is 9.06. The van der Waals surface area contributed by atoms with Crippen LogP contribution in [0.15, 0.2) is 12.2 Å². The number of hydrogen-bond donors (Lipinski definition) is 1. The van der Waals surface area contributed by atoms with E-state index in [0.717, 1.165) is 0 Å². The molecular weight excluding hydrogens is 260 g/mol. The maximum absolute atomic E-state index is 8.91. The average molecular weight is 288 g/mol. The largest absolute Gasteiger partial charge is 0.409 e. The molecule has 1 N–H and O–H groups in total. The topological polar surface area (TPSA) is 47.9 Å². The van der Waals surface area contributed by atoms with E-state index in [1.807, 2.05) is 13.0 Å². The van der Waals surface area contributed by atoms with Crippen molar-refractivity contribution >= 4 is 8.32 Å². The molecule has 0 saturated carbocycles. The van der Waals surface area contributed by atoms with Gasteiger partial charge in [-0.3, -0.25) is 0 Å². The second-order valence-corrected chi connectivity index (χ2v) is 11.3. The first kappa shape index (κ1) is 16.9. The molecule has 0 spiro atoms. The van der Waals surface area contributed by atoms with Crippen LogP contribution in [-0.4, -0.2) is 45.1 Å². The molecule has 0 bridgehead atoms. The Balaban J connectivity index is 2.76. The van der Waals surface area contributed by atoms with Crippen molar-refractivity contribution in [1.82, 2.24) is 0 Å². The van der Waals surface area contributed by atoms with E-state index in [4.69, 9.17) is 19.0 Å². The highest BCUT2D eigenvalue weighted by Crippen LogP contribution is 2.38. The Bertz CT molecular complexity index is 309. The summed E-state index contributed by atoms with van der Waals surface area (Å²) >= 11 is 0. The van der Waals surface area contributed by atoms with Gasteiger partial charge in [0.05, 0.1) is 19.3 Å². The summed E-state index contributed by atoms with van der Waals surface area (Å²) < 4.78 is 17.6. The molecule has 5 heteroatoms. The van der Waals surface area contributed by atoms with Gasteiger partial charge in [-0.1, -0.05) is 32.9 Å². The van der Waals surface area contributed by atoms with Crippen molar-refractivity contribution < 1.29 is 19.0 Å². The second kappa shape index (κ2) is 6.50. The zero-order valence-corrected chi connectivity index (χ0v) is 14.0. The first-order chi connectivity index (χ1) is 8.67. The standard InChI is InChI=1S/C14H28O4Si/c1-11-16-10-13(12(17-11)8-7-9-15)18-19(5,6)14(2,3)4/h7-8,11-13,15H,9-10H2,1-6H3/b8-7+/t11-,12+,13-/m1/s1. The number of ether oxygens (including phenoxy) is 2. The van der Waals surface area contributed by atoms with Gasteiger partial charge in [-0.05, 0) is 25.1 Å². The summed E-state index contributed by atoms with van der Waals surface area (Å²) in [6.45, 7) is 13.5. The van der Waals surface area contributed by atoms with Crippen LogP contribution in [0.2, 0.25) is 18.1 Å². The van der Waals surface area contributed by atoms with Crippen molar-refractivity contribution in [2.45, 2.75) is 64.3 Å². The summed E-state index contributed by atoms with van der Waals surface area (Å²) in [4.78, 5) is 0. The molecule has 1 aliphatic rings. The van der Waals surface area contributed by atoms with Crippen LogP contribution in [0, 0.1) is 0 Å². The molecule has 3 atom stereocenters. The lowest BCUT2D eigenvalue weighted by molar-refractivity contribution is -0.227. The molecule has 0 aromatic carbocycles. The van der Waals surface area contributed by atoms with Gasteiger partial charge in [-0.2, -0.15) is 0 Å². The van der Waals surface area contributed by atoms with Gasteiger partial charge in [0, 0.05) is 0 Å². The molecule has 1 heterocycles. The maximum atomic E-state index is 8.91. The Kier molecular flexibility index (Phi) is 5.76. The molecule has 0 unspecified atom stereocenters. The summed E-state index contributed by atoms with van der Waals surface area (Å²) in [7, 11) is -1.85. The molecular formula is C14H28O4Si. The number of rotatable bonds is 4.